The molecule has 0 aromatic carbocycles. The zero-order chi connectivity index (χ0) is 19.1. The molecule has 28 heavy (non-hydrogen) atoms. The molecule has 1 saturated heterocycles. The maximum Gasteiger partial charge on any atom is 0.323 e. The molecule has 5 rings (SSSR count). The Morgan fingerprint density at radius 2 is 2.14 bits per heavy atom. The fourth-order valence-electron chi connectivity index (χ4n) is 3.72. The van der Waals surface area contributed by atoms with Gasteiger partial charge in [0.25, 0.3) is 0 Å². The zero-order valence-corrected chi connectivity index (χ0v) is 15.7. The Labute approximate surface area is 162 Å². The molecule has 0 radical (unpaired) electrons. The number of amides is 2. The molecular weight excluding hydrogens is 356 g/mol. The van der Waals surface area contributed by atoms with Crippen LogP contribution in [0, 0.1) is 0 Å². The number of pyridine rings is 1. The quantitative estimate of drug-likeness (QED) is 0.751. The lowest BCUT2D eigenvalue weighted by Crippen LogP contribution is -2.55. The van der Waals surface area contributed by atoms with E-state index in [2.05, 4.69) is 37.3 Å². The Morgan fingerprint density at radius 3 is 2.96 bits per heavy atom. The fraction of sp³-hybridized carbons (Fsp3) is 0.421. The van der Waals surface area contributed by atoms with Crippen LogP contribution >= 0.6 is 0 Å². The summed E-state index contributed by atoms with van der Waals surface area (Å²) in [5, 5.41) is 11.1. The number of carbonyl (C=O) groups is 1. The van der Waals surface area contributed by atoms with Crippen molar-refractivity contribution in [3.63, 3.8) is 0 Å². The van der Waals surface area contributed by atoms with E-state index in [4.69, 9.17) is 0 Å². The molecule has 0 spiro atoms. The minimum atomic E-state index is -0.111. The van der Waals surface area contributed by atoms with E-state index < -0.39 is 0 Å². The van der Waals surface area contributed by atoms with Gasteiger partial charge in [-0.15, -0.1) is 10.2 Å². The molecule has 4 heterocycles. The van der Waals surface area contributed by atoms with Gasteiger partial charge in [0.05, 0.1) is 0 Å². The highest BCUT2D eigenvalue weighted by Gasteiger charge is 2.30. The fourth-order valence-corrected chi connectivity index (χ4v) is 3.72. The summed E-state index contributed by atoms with van der Waals surface area (Å²) in [4.78, 5) is 25.8. The van der Waals surface area contributed by atoms with Gasteiger partial charge in [-0.1, -0.05) is 6.07 Å². The second-order valence-electron chi connectivity index (χ2n) is 7.45. The van der Waals surface area contributed by atoms with Crippen LogP contribution in [-0.4, -0.2) is 61.2 Å². The van der Waals surface area contributed by atoms with Crippen molar-refractivity contribution >= 4 is 23.3 Å². The third-order valence-electron chi connectivity index (χ3n) is 5.39. The number of anilines is 2. The van der Waals surface area contributed by atoms with Crippen LogP contribution in [0.1, 0.15) is 31.4 Å². The molecule has 1 aliphatic carbocycles. The van der Waals surface area contributed by atoms with Crippen LogP contribution in [-0.2, 0) is 0 Å². The van der Waals surface area contributed by atoms with E-state index in [-0.39, 0.29) is 12.1 Å². The van der Waals surface area contributed by atoms with Gasteiger partial charge >= 0.3 is 6.03 Å². The van der Waals surface area contributed by atoms with E-state index in [9.17, 15) is 4.79 Å². The van der Waals surface area contributed by atoms with Gasteiger partial charge in [-0.25, -0.2) is 14.8 Å². The van der Waals surface area contributed by atoms with Crippen molar-refractivity contribution in [2.75, 3.05) is 29.9 Å². The van der Waals surface area contributed by atoms with Crippen LogP contribution in [0.2, 0.25) is 0 Å². The highest BCUT2D eigenvalue weighted by atomic mass is 16.2. The van der Waals surface area contributed by atoms with Crippen LogP contribution in [0.3, 0.4) is 0 Å². The first-order valence-electron chi connectivity index (χ1n) is 9.63. The molecule has 1 atom stereocenters. The van der Waals surface area contributed by atoms with E-state index in [1.807, 2.05) is 33.7 Å². The number of piperazine rings is 1. The van der Waals surface area contributed by atoms with Crippen LogP contribution in [0.25, 0.3) is 5.65 Å². The predicted molar refractivity (Wildman–Crippen MR) is 104 cm³/mol. The smallest absolute Gasteiger partial charge is 0.323 e. The van der Waals surface area contributed by atoms with Crippen LogP contribution < -0.4 is 10.2 Å². The summed E-state index contributed by atoms with van der Waals surface area (Å²) in [6.45, 7) is 3.98. The maximum atomic E-state index is 12.7. The average Bonchev–Trinajstić information content (AvgIpc) is 3.45. The number of hydrogen-bond acceptors (Lipinski definition) is 6. The highest BCUT2D eigenvalue weighted by Crippen LogP contribution is 2.39. The Kier molecular flexibility index (Phi) is 4.07. The number of aromatic nitrogens is 5. The number of nitrogens with zero attached hydrogens (tertiary/aromatic N) is 7. The summed E-state index contributed by atoms with van der Waals surface area (Å²) in [7, 11) is 0. The number of carbonyl (C=O) groups excluding carboxylic acids is 1. The number of nitrogens with one attached hydrogen (secondary N) is 1. The molecule has 2 aliphatic rings. The molecule has 2 fully saturated rings. The van der Waals surface area contributed by atoms with Crippen LogP contribution in [0.15, 0.2) is 36.9 Å². The third kappa shape index (κ3) is 3.12. The zero-order valence-electron chi connectivity index (χ0n) is 15.7. The van der Waals surface area contributed by atoms with Crippen LogP contribution in [0.4, 0.5) is 16.4 Å². The van der Waals surface area contributed by atoms with Crippen molar-refractivity contribution in [2.24, 2.45) is 0 Å². The summed E-state index contributed by atoms with van der Waals surface area (Å²) in [5.41, 5.74) is 1.80. The van der Waals surface area contributed by atoms with Gasteiger partial charge in [-0.3, -0.25) is 9.72 Å². The van der Waals surface area contributed by atoms with Gasteiger partial charge in [0.2, 0.25) is 5.65 Å². The minimum Gasteiger partial charge on any atom is -0.347 e. The largest absolute Gasteiger partial charge is 0.347 e. The van der Waals surface area contributed by atoms with E-state index >= 15 is 0 Å². The Bertz CT molecular complexity index is 1010. The Balaban J connectivity index is 1.27. The highest BCUT2D eigenvalue weighted by molar-refractivity contribution is 5.88. The second kappa shape index (κ2) is 6.74. The summed E-state index contributed by atoms with van der Waals surface area (Å²) < 4.78 is 1.85. The third-order valence-corrected chi connectivity index (χ3v) is 5.39. The van der Waals surface area contributed by atoms with Gasteiger partial charge in [0, 0.05) is 49.7 Å². The average molecular weight is 378 g/mol. The topological polar surface area (TPSA) is 91.6 Å². The molecule has 1 aliphatic heterocycles. The molecule has 0 bridgehead atoms. The second-order valence-corrected chi connectivity index (χ2v) is 7.45. The number of urea groups is 1. The first-order chi connectivity index (χ1) is 13.7. The molecule has 1 N–H and O–H groups in total. The van der Waals surface area contributed by atoms with Gasteiger partial charge in [0.15, 0.2) is 5.82 Å². The van der Waals surface area contributed by atoms with Gasteiger partial charge in [-0.2, -0.15) is 0 Å². The lowest BCUT2D eigenvalue weighted by atomic mass is 10.2. The lowest BCUT2D eigenvalue weighted by Gasteiger charge is -2.40. The van der Waals surface area contributed by atoms with Crippen molar-refractivity contribution in [3.05, 3.63) is 42.6 Å². The number of fused-ring (bicyclic) bond motifs is 1. The molecule has 2 amide bonds. The number of rotatable bonds is 3. The van der Waals surface area contributed by atoms with Crippen molar-refractivity contribution in [1.82, 2.24) is 29.5 Å². The van der Waals surface area contributed by atoms with Gasteiger partial charge in [-0.05, 0) is 31.9 Å². The van der Waals surface area contributed by atoms with Crippen molar-refractivity contribution in [3.8, 4) is 0 Å². The molecule has 144 valence electrons. The van der Waals surface area contributed by atoms with Crippen LogP contribution in [0.5, 0.6) is 0 Å². The molecule has 3 aromatic rings. The van der Waals surface area contributed by atoms with Crippen molar-refractivity contribution in [2.45, 2.75) is 31.7 Å². The normalized spacial score (nSPS) is 19.8. The summed E-state index contributed by atoms with van der Waals surface area (Å²) >= 11 is 0. The first-order valence-corrected chi connectivity index (χ1v) is 9.63. The minimum absolute atomic E-state index is 0.111. The predicted octanol–water partition coefficient (Wildman–Crippen LogP) is 2.14. The van der Waals surface area contributed by atoms with E-state index in [1.54, 1.807) is 12.5 Å². The summed E-state index contributed by atoms with van der Waals surface area (Å²) in [6.07, 6.45) is 7.62. The van der Waals surface area contributed by atoms with Gasteiger partial charge < -0.3 is 9.80 Å². The Hall–Kier alpha value is -3.23. The molecule has 9 heteroatoms. The molecule has 1 saturated carbocycles. The molecule has 1 unspecified atom stereocenters. The van der Waals surface area contributed by atoms with Crippen molar-refractivity contribution < 1.29 is 4.79 Å². The van der Waals surface area contributed by atoms with E-state index in [1.165, 1.54) is 12.8 Å². The number of hydrogen-bond donors (Lipinski definition) is 1. The summed E-state index contributed by atoms with van der Waals surface area (Å²) in [6, 6.07) is 5.84. The monoisotopic (exact) mass is 378 g/mol. The first kappa shape index (κ1) is 16.9. The standard InChI is InChI=1S/C19H22N8O/c1-13-11-25(19(28)23-16-4-2-3-15(22-16)14-5-6-14)9-10-27(13)17-18-24-21-12-26(18)8-7-20-17/h2-4,7-8,12-14H,5-6,9-11H2,1H3,(H,22,23,28). The van der Waals surface area contributed by atoms with E-state index in [0.29, 0.717) is 31.4 Å². The molecular formula is C19H22N8O. The van der Waals surface area contributed by atoms with E-state index in [0.717, 1.165) is 17.2 Å². The SMILES string of the molecule is CC1CN(C(=O)Nc2cccc(C3CC3)n2)CCN1c1nccn2cnnc12. The summed E-state index contributed by atoms with van der Waals surface area (Å²) in [5.74, 6) is 1.98. The molecule has 3 aromatic heterocycles. The van der Waals surface area contributed by atoms with Gasteiger partial charge in [0.1, 0.15) is 12.1 Å². The maximum absolute atomic E-state index is 12.7. The molecule has 9 nitrogen and oxygen atoms in total. The van der Waals surface area contributed by atoms with Crippen molar-refractivity contribution in [1.29, 1.82) is 0 Å². The lowest BCUT2D eigenvalue weighted by molar-refractivity contribution is 0.200. The Morgan fingerprint density at radius 1 is 1.25 bits per heavy atom.